The van der Waals surface area contributed by atoms with Gasteiger partial charge in [-0.25, -0.2) is 14.4 Å². The van der Waals surface area contributed by atoms with Crippen molar-refractivity contribution in [1.29, 1.82) is 0 Å². The number of halogens is 1. The lowest BCUT2D eigenvalue weighted by Crippen LogP contribution is -2.12. The van der Waals surface area contributed by atoms with Gasteiger partial charge in [0.25, 0.3) is 0 Å². The first-order valence-electron chi connectivity index (χ1n) is 9.56. The second-order valence-corrected chi connectivity index (χ2v) is 8.28. The molecule has 1 aliphatic rings. The van der Waals surface area contributed by atoms with E-state index >= 15 is 4.39 Å². The van der Waals surface area contributed by atoms with Gasteiger partial charge in [0.15, 0.2) is 11.6 Å². The summed E-state index contributed by atoms with van der Waals surface area (Å²) in [7, 11) is 0. The Labute approximate surface area is 171 Å². The number of ether oxygens (including phenoxy) is 1. The number of fused-ring (bicyclic) bond motifs is 1. The van der Waals surface area contributed by atoms with Gasteiger partial charge in [0.2, 0.25) is 0 Å². The molecule has 5 nitrogen and oxygen atoms in total. The lowest BCUT2D eigenvalue weighted by molar-refractivity contribution is 0.278. The molecule has 29 heavy (non-hydrogen) atoms. The second kappa shape index (κ2) is 7.40. The van der Waals surface area contributed by atoms with Gasteiger partial charge in [0, 0.05) is 11.1 Å². The van der Waals surface area contributed by atoms with E-state index in [1.807, 2.05) is 30.3 Å². The van der Waals surface area contributed by atoms with Crippen LogP contribution in [0.2, 0.25) is 0 Å². The van der Waals surface area contributed by atoms with E-state index in [0.29, 0.717) is 28.7 Å². The van der Waals surface area contributed by atoms with Crippen LogP contribution in [0.15, 0.2) is 48.8 Å². The Morgan fingerprint density at radius 2 is 1.97 bits per heavy atom. The van der Waals surface area contributed by atoms with Crippen LogP contribution in [-0.4, -0.2) is 15.0 Å². The number of nitrogen functional groups attached to an aromatic ring is 1. The molecule has 1 fully saturated rings. The molecule has 0 amide bonds. The molecule has 4 aromatic rings. The molecule has 7 heteroatoms. The molecular formula is C22H19FN4OS. The number of nitrogens with zero attached hydrogens (tertiary/aromatic N) is 3. The average molecular weight is 406 g/mol. The van der Waals surface area contributed by atoms with Crippen molar-refractivity contribution in [2.24, 2.45) is 0 Å². The van der Waals surface area contributed by atoms with Gasteiger partial charge in [-0.15, -0.1) is 11.3 Å². The van der Waals surface area contributed by atoms with Gasteiger partial charge in [-0.3, -0.25) is 4.98 Å². The molecule has 2 aromatic heterocycles. The molecule has 5 rings (SSSR count). The number of hydrogen-bond donors (Lipinski definition) is 1. The van der Waals surface area contributed by atoms with Crippen LogP contribution in [0.25, 0.3) is 21.5 Å². The fourth-order valence-electron chi connectivity index (χ4n) is 3.55. The molecule has 1 aliphatic carbocycles. The summed E-state index contributed by atoms with van der Waals surface area (Å²) >= 11 is 1.56. The van der Waals surface area contributed by atoms with E-state index in [1.54, 1.807) is 17.4 Å². The third kappa shape index (κ3) is 3.42. The molecule has 0 spiro atoms. The van der Waals surface area contributed by atoms with E-state index in [9.17, 15) is 0 Å². The number of nitrogens with two attached hydrogens (primary N) is 1. The molecule has 2 heterocycles. The van der Waals surface area contributed by atoms with E-state index in [-0.39, 0.29) is 6.61 Å². The third-order valence-electron chi connectivity index (χ3n) is 5.30. The summed E-state index contributed by atoms with van der Waals surface area (Å²) in [4.78, 5) is 12.8. The van der Waals surface area contributed by atoms with Gasteiger partial charge in [-0.2, -0.15) is 0 Å². The lowest BCUT2D eigenvalue weighted by atomic mass is 9.79. The van der Waals surface area contributed by atoms with Gasteiger partial charge in [0.05, 0.1) is 28.3 Å². The monoisotopic (exact) mass is 406 g/mol. The highest BCUT2D eigenvalue weighted by Crippen LogP contribution is 2.44. The summed E-state index contributed by atoms with van der Waals surface area (Å²) in [5.74, 6) is 0.522. The van der Waals surface area contributed by atoms with Gasteiger partial charge < -0.3 is 10.5 Å². The van der Waals surface area contributed by atoms with Crippen molar-refractivity contribution in [3.63, 3.8) is 0 Å². The minimum atomic E-state index is -0.408. The normalized spacial score (nSPS) is 14.1. The molecule has 0 aliphatic heterocycles. The molecule has 0 bridgehead atoms. The SMILES string of the molecule is Nc1cnc(-c2ccc(C3CCC3)c(OCc3nc4ccccc4s3)c2F)cn1. The van der Waals surface area contributed by atoms with E-state index in [0.717, 1.165) is 40.1 Å². The maximum atomic E-state index is 15.5. The Balaban J connectivity index is 1.50. The Bertz CT molecular complexity index is 1140. The smallest absolute Gasteiger partial charge is 0.174 e. The molecule has 0 saturated heterocycles. The summed E-state index contributed by atoms with van der Waals surface area (Å²) in [6, 6.07) is 11.6. The van der Waals surface area contributed by atoms with Crippen LogP contribution in [0.5, 0.6) is 5.75 Å². The Kier molecular flexibility index (Phi) is 4.60. The first-order chi connectivity index (χ1) is 14.2. The van der Waals surface area contributed by atoms with Crippen molar-refractivity contribution in [3.05, 3.63) is 65.2 Å². The number of aromatic nitrogens is 3. The lowest BCUT2D eigenvalue weighted by Gasteiger charge is -2.28. The van der Waals surface area contributed by atoms with Crippen molar-refractivity contribution >= 4 is 27.4 Å². The summed E-state index contributed by atoms with van der Waals surface area (Å²) in [5.41, 5.74) is 8.25. The third-order valence-corrected chi connectivity index (χ3v) is 6.31. The van der Waals surface area contributed by atoms with Crippen molar-refractivity contribution in [2.45, 2.75) is 31.8 Å². The van der Waals surface area contributed by atoms with E-state index in [2.05, 4.69) is 15.0 Å². The predicted octanol–water partition coefficient (Wildman–Crippen LogP) is 5.32. The molecular weight excluding hydrogens is 387 g/mol. The fourth-order valence-corrected chi connectivity index (χ4v) is 4.43. The summed E-state index contributed by atoms with van der Waals surface area (Å²) in [6.45, 7) is 0.229. The number of rotatable bonds is 5. The van der Waals surface area contributed by atoms with E-state index in [1.165, 1.54) is 12.4 Å². The summed E-state index contributed by atoms with van der Waals surface area (Å²) < 4.78 is 22.6. The predicted molar refractivity (Wildman–Crippen MR) is 112 cm³/mol. The largest absolute Gasteiger partial charge is 0.483 e. The van der Waals surface area contributed by atoms with E-state index in [4.69, 9.17) is 10.5 Å². The zero-order valence-corrected chi connectivity index (χ0v) is 16.5. The van der Waals surface area contributed by atoms with Crippen LogP contribution < -0.4 is 10.5 Å². The van der Waals surface area contributed by atoms with Crippen molar-refractivity contribution in [1.82, 2.24) is 15.0 Å². The highest BCUT2D eigenvalue weighted by atomic mass is 32.1. The Morgan fingerprint density at radius 3 is 2.69 bits per heavy atom. The van der Waals surface area contributed by atoms with Crippen LogP contribution >= 0.6 is 11.3 Å². The minimum Gasteiger partial charge on any atom is -0.483 e. The van der Waals surface area contributed by atoms with Crippen LogP contribution in [0.4, 0.5) is 10.2 Å². The highest BCUT2D eigenvalue weighted by molar-refractivity contribution is 7.18. The number of anilines is 1. The van der Waals surface area contributed by atoms with Crippen LogP contribution in [0.1, 0.15) is 35.8 Å². The quantitative estimate of drug-likeness (QED) is 0.485. The van der Waals surface area contributed by atoms with Crippen molar-refractivity contribution in [2.75, 3.05) is 5.73 Å². The summed E-state index contributed by atoms with van der Waals surface area (Å²) in [5, 5.41) is 0.822. The Morgan fingerprint density at radius 1 is 1.10 bits per heavy atom. The zero-order valence-electron chi connectivity index (χ0n) is 15.6. The first-order valence-corrected chi connectivity index (χ1v) is 10.4. The van der Waals surface area contributed by atoms with Gasteiger partial charge >= 0.3 is 0 Å². The van der Waals surface area contributed by atoms with Crippen LogP contribution in [0.3, 0.4) is 0 Å². The standard InChI is InChI=1S/C22H19FN4OS/c23-21-15(17-10-26-19(24)11-25-17)9-8-14(13-4-3-5-13)22(21)28-12-20-27-16-6-1-2-7-18(16)29-20/h1-2,6-11,13H,3-5,12H2,(H2,24,26). The average Bonchev–Trinajstić information content (AvgIpc) is 3.10. The first kappa shape index (κ1) is 18.0. The van der Waals surface area contributed by atoms with Crippen molar-refractivity contribution in [3.8, 4) is 17.0 Å². The fraction of sp³-hybridized carbons (Fsp3) is 0.227. The van der Waals surface area contributed by atoms with Gasteiger partial charge in [-0.05, 0) is 37.0 Å². The van der Waals surface area contributed by atoms with Crippen LogP contribution in [0, 0.1) is 5.82 Å². The zero-order chi connectivity index (χ0) is 19.8. The number of hydrogen-bond acceptors (Lipinski definition) is 6. The molecule has 0 unspecified atom stereocenters. The van der Waals surface area contributed by atoms with E-state index < -0.39 is 5.82 Å². The molecule has 2 aromatic carbocycles. The topological polar surface area (TPSA) is 73.9 Å². The second-order valence-electron chi connectivity index (χ2n) is 7.16. The van der Waals surface area contributed by atoms with Gasteiger partial charge in [-0.1, -0.05) is 24.6 Å². The summed E-state index contributed by atoms with van der Waals surface area (Å²) in [6.07, 6.45) is 6.18. The number of para-hydroxylation sites is 1. The number of thiazole rings is 1. The maximum Gasteiger partial charge on any atom is 0.174 e. The van der Waals surface area contributed by atoms with Crippen molar-refractivity contribution < 1.29 is 9.13 Å². The maximum absolute atomic E-state index is 15.5. The molecule has 146 valence electrons. The van der Waals surface area contributed by atoms with Gasteiger partial charge in [0.1, 0.15) is 17.4 Å². The Hall–Kier alpha value is -3.06. The molecule has 0 radical (unpaired) electrons. The van der Waals surface area contributed by atoms with Crippen LogP contribution in [-0.2, 0) is 6.61 Å². The molecule has 0 atom stereocenters. The molecule has 2 N–H and O–H groups in total. The number of benzene rings is 2. The molecule has 1 saturated carbocycles. The highest BCUT2D eigenvalue weighted by Gasteiger charge is 2.27. The minimum absolute atomic E-state index is 0.229.